The molecule has 1 heterocycles. The molecule has 2 aromatic carbocycles. The molecule has 0 aliphatic carbocycles. The number of halogens is 3. The number of aromatic nitrogens is 1. The van der Waals surface area contributed by atoms with Crippen molar-refractivity contribution in [3.8, 4) is 0 Å². The number of para-hydroxylation sites is 2. The van der Waals surface area contributed by atoms with Crippen LogP contribution in [-0.2, 0) is 10.0 Å². The number of rotatable bonds is 2. The van der Waals surface area contributed by atoms with Crippen LogP contribution < -0.4 is 9.67 Å². The SMILES string of the molecule is O=S(Cl)C(=C([O-])Cl)[n+]1c2ccccc2c(Cl)c2ccccc21. The fourth-order valence-corrected chi connectivity index (χ4v) is 4.04. The summed E-state index contributed by atoms with van der Waals surface area (Å²) in [5.41, 5.74) is 1.20. The molecule has 1 unspecified atom stereocenters. The summed E-state index contributed by atoms with van der Waals surface area (Å²) >= 11 is 12.1. The van der Waals surface area contributed by atoms with Gasteiger partial charge in [-0.2, -0.15) is 0 Å². The van der Waals surface area contributed by atoms with E-state index in [0.717, 1.165) is 0 Å². The van der Waals surface area contributed by atoms with E-state index in [1.165, 1.54) is 4.57 Å². The average molecular weight is 373 g/mol. The molecule has 0 radical (unpaired) electrons. The topological polar surface area (TPSA) is 44.0 Å². The summed E-state index contributed by atoms with van der Waals surface area (Å²) in [5, 5.41) is 12.6. The molecule has 1 aromatic heterocycles. The summed E-state index contributed by atoms with van der Waals surface area (Å²) in [6.45, 7) is 0. The summed E-state index contributed by atoms with van der Waals surface area (Å²) in [6, 6.07) is 14.4. The highest BCUT2D eigenvalue weighted by atomic mass is 35.7. The maximum absolute atomic E-state index is 11.8. The predicted molar refractivity (Wildman–Crippen MR) is 89.7 cm³/mol. The van der Waals surface area contributed by atoms with Crippen LogP contribution >= 0.6 is 33.9 Å². The van der Waals surface area contributed by atoms with Gasteiger partial charge in [0.25, 0.3) is 5.03 Å². The van der Waals surface area contributed by atoms with Gasteiger partial charge in [0.1, 0.15) is 0 Å². The van der Waals surface area contributed by atoms with Crippen LogP contribution in [0.3, 0.4) is 0 Å². The number of hydrogen-bond donors (Lipinski definition) is 0. The van der Waals surface area contributed by atoms with Crippen molar-refractivity contribution in [1.29, 1.82) is 0 Å². The van der Waals surface area contributed by atoms with Gasteiger partial charge in [0, 0.05) is 28.0 Å². The van der Waals surface area contributed by atoms with Gasteiger partial charge >= 0.3 is 0 Å². The molecule has 0 fully saturated rings. The Morgan fingerprint density at radius 3 is 1.86 bits per heavy atom. The van der Waals surface area contributed by atoms with Crippen molar-refractivity contribution in [3.63, 3.8) is 0 Å². The molecule has 112 valence electrons. The molecule has 0 aliphatic heterocycles. The first-order valence-corrected chi connectivity index (χ1v) is 8.91. The molecular formula is C15H8Cl3NO2S. The van der Waals surface area contributed by atoms with Gasteiger partial charge in [0.15, 0.2) is 0 Å². The van der Waals surface area contributed by atoms with Crippen molar-refractivity contribution in [2.75, 3.05) is 0 Å². The van der Waals surface area contributed by atoms with E-state index in [1.54, 1.807) is 24.3 Å². The highest BCUT2D eigenvalue weighted by Gasteiger charge is 2.27. The lowest BCUT2D eigenvalue weighted by Gasteiger charge is -2.10. The molecule has 0 spiro atoms. The van der Waals surface area contributed by atoms with Gasteiger partial charge in [-0.3, -0.25) is 0 Å². The molecule has 0 bridgehead atoms. The third-order valence-corrected chi connectivity index (χ3v) is 5.09. The monoisotopic (exact) mass is 371 g/mol. The van der Waals surface area contributed by atoms with Crippen molar-refractivity contribution in [2.45, 2.75) is 0 Å². The van der Waals surface area contributed by atoms with E-state index < -0.39 is 15.2 Å². The summed E-state index contributed by atoms with van der Waals surface area (Å²) in [4.78, 5) is 0. The second-order valence-corrected chi connectivity index (χ2v) is 6.88. The zero-order chi connectivity index (χ0) is 15.9. The fourth-order valence-electron chi connectivity index (χ4n) is 2.42. The molecule has 0 N–H and O–H groups in total. The van der Waals surface area contributed by atoms with Crippen LogP contribution in [0, 0.1) is 0 Å². The van der Waals surface area contributed by atoms with Crippen molar-refractivity contribution < 1.29 is 13.9 Å². The van der Waals surface area contributed by atoms with E-state index >= 15 is 0 Å². The molecule has 7 heteroatoms. The van der Waals surface area contributed by atoms with Gasteiger partial charge in [-0.15, -0.1) is 4.57 Å². The van der Waals surface area contributed by atoms with Crippen LogP contribution in [-0.4, -0.2) is 4.21 Å². The van der Waals surface area contributed by atoms with E-state index in [-0.39, 0.29) is 5.03 Å². The van der Waals surface area contributed by atoms with Crippen LogP contribution in [0.25, 0.3) is 26.8 Å². The van der Waals surface area contributed by atoms with Crippen molar-refractivity contribution >= 4 is 70.7 Å². The second-order valence-electron chi connectivity index (χ2n) is 4.49. The van der Waals surface area contributed by atoms with Crippen molar-refractivity contribution in [1.82, 2.24) is 0 Å². The molecule has 3 rings (SSSR count). The molecule has 0 aliphatic rings. The predicted octanol–water partition coefficient (Wildman–Crippen LogP) is 3.52. The van der Waals surface area contributed by atoms with Crippen LogP contribution in [0.15, 0.2) is 53.7 Å². The minimum absolute atomic E-state index is 0.215. The number of benzene rings is 2. The normalized spacial score (nSPS) is 14.1. The summed E-state index contributed by atoms with van der Waals surface area (Å²) in [6.07, 6.45) is 0. The third kappa shape index (κ3) is 2.46. The van der Waals surface area contributed by atoms with Gasteiger partial charge < -0.3 is 5.11 Å². The standard InChI is InChI=1S/C15H8Cl3NO2S/c16-13-9-5-1-3-7-11(9)19(15(14(17)20)22(18)21)12-8-4-2-6-10(12)13/h1-8H. The molecule has 3 aromatic rings. The van der Waals surface area contributed by atoms with Crippen molar-refractivity contribution in [3.05, 3.63) is 58.8 Å². The molecular weight excluding hydrogens is 365 g/mol. The first-order chi connectivity index (χ1) is 10.5. The first-order valence-electron chi connectivity index (χ1n) is 6.18. The Bertz CT molecular complexity index is 895. The molecule has 0 amide bonds. The van der Waals surface area contributed by atoms with Gasteiger partial charge in [-0.1, -0.05) is 47.5 Å². The third-order valence-electron chi connectivity index (χ3n) is 3.29. The lowest BCUT2D eigenvalue weighted by Crippen LogP contribution is -2.37. The maximum atomic E-state index is 11.8. The molecule has 0 saturated carbocycles. The van der Waals surface area contributed by atoms with E-state index in [1.807, 2.05) is 24.3 Å². The Kier molecular flexibility index (Phi) is 4.28. The highest BCUT2D eigenvalue weighted by molar-refractivity contribution is 8.15. The lowest BCUT2D eigenvalue weighted by molar-refractivity contribution is -0.520. The Labute approximate surface area is 143 Å². The Morgan fingerprint density at radius 2 is 1.45 bits per heavy atom. The molecule has 0 saturated heterocycles. The Hall–Kier alpha value is -1.33. The zero-order valence-electron chi connectivity index (χ0n) is 10.9. The molecule has 1 atom stereocenters. The maximum Gasteiger partial charge on any atom is 0.295 e. The van der Waals surface area contributed by atoms with Crippen LogP contribution in [0.1, 0.15) is 0 Å². The Balaban J connectivity index is 2.64. The summed E-state index contributed by atoms with van der Waals surface area (Å²) in [7, 11) is 3.61. The van der Waals surface area contributed by atoms with E-state index in [9.17, 15) is 9.32 Å². The van der Waals surface area contributed by atoms with E-state index in [4.69, 9.17) is 33.9 Å². The first kappa shape index (κ1) is 15.6. The van der Waals surface area contributed by atoms with Gasteiger partial charge in [-0.25, -0.2) is 4.21 Å². The van der Waals surface area contributed by atoms with Gasteiger partial charge in [0.2, 0.25) is 21.0 Å². The number of pyridine rings is 1. The number of nitrogens with zero attached hydrogens (tertiary/aromatic N) is 1. The minimum atomic E-state index is -2.08. The van der Waals surface area contributed by atoms with Crippen LogP contribution in [0.4, 0.5) is 0 Å². The fraction of sp³-hybridized carbons (Fsp3) is 0. The largest absolute Gasteiger partial charge is 0.859 e. The van der Waals surface area contributed by atoms with Crippen LogP contribution in [0.5, 0.6) is 0 Å². The summed E-state index contributed by atoms with van der Waals surface area (Å²) in [5.74, 6) is 0. The van der Waals surface area contributed by atoms with Crippen molar-refractivity contribution in [2.24, 2.45) is 0 Å². The van der Waals surface area contributed by atoms with E-state index in [0.29, 0.717) is 26.8 Å². The van der Waals surface area contributed by atoms with E-state index in [2.05, 4.69) is 0 Å². The van der Waals surface area contributed by atoms with Gasteiger partial charge in [0.05, 0.1) is 15.8 Å². The quantitative estimate of drug-likeness (QED) is 0.299. The van der Waals surface area contributed by atoms with Crippen LogP contribution in [0.2, 0.25) is 5.02 Å². The van der Waals surface area contributed by atoms with Gasteiger partial charge in [-0.05, 0) is 12.1 Å². The molecule has 22 heavy (non-hydrogen) atoms. The smallest absolute Gasteiger partial charge is 0.295 e. The second kappa shape index (κ2) is 6.05. The highest BCUT2D eigenvalue weighted by Crippen LogP contribution is 2.31. The number of hydrogen-bond acceptors (Lipinski definition) is 2. The lowest BCUT2D eigenvalue weighted by atomic mass is 10.1. The molecule has 3 nitrogen and oxygen atoms in total. The minimum Gasteiger partial charge on any atom is -0.859 e. The Morgan fingerprint density at radius 1 is 1.00 bits per heavy atom. The zero-order valence-corrected chi connectivity index (χ0v) is 14.0. The average Bonchev–Trinajstić information content (AvgIpc) is 2.50. The number of fused-ring (bicyclic) bond motifs is 2. The summed E-state index contributed by atoms with van der Waals surface area (Å²) < 4.78 is 13.3.